The van der Waals surface area contributed by atoms with E-state index in [4.69, 9.17) is 10.5 Å². The van der Waals surface area contributed by atoms with Crippen LogP contribution in [-0.2, 0) is 4.74 Å². The van der Waals surface area contributed by atoms with E-state index in [0.717, 1.165) is 27.4 Å². The van der Waals surface area contributed by atoms with Crippen LogP contribution in [-0.4, -0.2) is 28.9 Å². The number of halogens is 1. The van der Waals surface area contributed by atoms with Gasteiger partial charge in [-0.25, -0.2) is 4.39 Å². The molecule has 0 spiro atoms. The van der Waals surface area contributed by atoms with Gasteiger partial charge in [-0.1, -0.05) is 42.1 Å². The number of ether oxygens (including phenoxy) is 1. The fraction of sp³-hybridized carbons (Fsp3) is 0.176. The number of hydrogen-bond acceptors (Lipinski definition) is 5. The number of nitrogens with two attached hydrogens (primary N) is 1. The maximum atomic E-state index is 14.3. The summed E-state index contributed by atoms with van der Waals surface area (Å²) >= 11 is 1.44. The first-order chi connectivity index (χ1) is 11.6. The molecule has 2 unspecified atom stereocenters. The third-order valence-electron chi connectivity index (χ3n) is 3.98. The Bertz CT molecular complexity index is 874. The first-order valence-electron chi connectivity index (χ1n) is 7.40. The van der Waals surface area contributed by atoms with E-state index in [0.29, 0.717) is 5.82 Å². The first kappa shape index (κ1) is 15.2. The number of allylic oxidation sites excluding steroid dienone is 2. The summed E-state index contributed by atoms with van der Waals surface area (Å²) in [5, 5.41) is 6.88. The Kier molecular flexibility index (Phi) is 3.54. The zero-order chi connectivity index (χ0) is 16.7. The highest BCUT2D eigenvalue weighted by Gasteiger charge is 2.35. The van der Waals surface area contributed by atoms with Crippen molar-refractivity contribution < 1.29 is 9.13 Å². The number of aliphatic imine (C=N–C) groups is 1. The van der Waals surface area contributed by atoms with E-state index in [1.54, 1.807) is 6.08 Å². The van der Waals surface area contributed by atoms with E-state index < -0.39 is 5.85 Å². The number of nitrogens with zero attached hydrogens (tertiary/aromatic N) is 2. The third kappa shape index (κ3) is 2.46. The fourth-order valence-electron chi connectivity index (χ4n) is 2.73. The highest BCUT2D eigenvalue weighted by Crippen LogP contribution is 2.49. The quantitative estimate of drug-likeness (QED) is 0.893. The van der Waals surface area contributed by atoms with Gasteiger partial charge in [0, 0.05) is 17.6 Å². The number of H-pyrrole nitrogens is 1. The summed E-state index contributed by atoms with van der Waals surface area (Å²) in [7, 11) is 1.34. The van der Waals surface area contributed by atoms with Gasteiger partial charge in [-0.2, -0.15) is 5.10 Å². The Balaban J connectivity index is 1.73. The number of hydrogen-bond donors (Lipinski definition) is 2. The van der Waals surface area contributed by atoms with Crippen LogP contribution in [0.25, 0.3) is 11.3 Å². The number of thioether (sulfide) groups is 1. The summed E-state index contributed by atoms with van der Waals surface area (Å²) in [4.78, 5) is 5.40. The second kappa shape index (κ2) is 5.61. The van der Waals surface area contributed by atoms with E-state index in [1.165, 1.54) is 31.0 Å². The van der Waals surface area contributed by atoms with Crippen LogP contribution in [0.1, 0.15) is 10.9 Å². The van der Waals surface area contributed by atoms with Gasteiger partial charge < -0.3 is 10.5 Å². The maximum absolute atomic E-state index is 14.3. The predicted molar refractivity (Wildman–Crippen MR) is 94.3 cm³/mol. The molecule has 0 saturated heterocycles. The van der Waals surface area contributed by atoms with Gasteiger partial charge in [0.1, 0.15) is 16.9 Å². The van der Waals surface area contributed by atoms with Crippen molar-refractivity contribution in [2.45, 2.75) is 11.2 Å². The molecule has 4 rings (SSSR count). The number of alkyl halides is 1. The Labute approximate surface area is 142 Å². The number of benzene rings is 1. The van der Waals surface area contributed by atoms with Gasteiger partial charge >= 0.3 is 0 Å². The Morgan fingerprint density at radius 3 is 2.88 bits per heavy atom. The van der Waals surface area contributed by atoms with Gasteiger partial charge in [0.15, 0.2) is 0 Å². The van der Waals surface area contributed by atoms with Gasteiger partial charge in [0.2, 0.25) is 5.85 Å². The molecule has 2 aromatic rings. The average Bonchev–Trinajstić information content (AvgIpc) is 3.18. The van der Waals surface area contributed by atoms with Crippen molar-refractivity contribution in [3.05, 3.63) is 59.0 Å². The summed E-state index contributed by atoms with van der Waals surface area (Å²) in [6.07, 6.45) is 4.44. The highest BCUT2D eigenvalue weighted by molar-refractivity contribution is 8.04. The van der Waals surface area contributed by atoms with E-state index in [1.807, 2.05) is 30.3 Å². The van der Waals surface area contributed by atoms with Crippen molar-refractivity contribution in [2.75, 3.05) is 12.8 Å². The molecule has 1 aromatic carbocycles. The normalized spacial score (nSPS) is 25.3. The summed E-state index contributed by atoms with van der Waals surface area (Å²) < 4.78 is 19.2. The number of aromatic amines is 1. The van der Waals surface area contributed by atoms with Gasteiger partial charge in [-0.15, -0.1) is 0 Å². The van der Waals surface area contributed by atoms with E-state index in [2.05, 4.69) is 15.2 Å². The maximum Gasteiger partial charge on any atom is 0.249 e. The third-order valence-corrected chi connectivity index (χ3v) is 5.13. The fourth-order valence-corrected chi connectivity index (χ4v) is 3.96. The number of methoxy groups -OCH3 is 1. The molecular formula is C17H15FN4OS. The Hall–Kier alpha value is -2.38. The molecule has 7 heteroatoms. The summed E-state index contributed by atoms with van der Waals surface area (Å²) in [6.45, 7) is 0. The van der Waals surface area contributed by atoms with E-state index >= 15 is 0 Å². The number of aromatic nitrogens is 2. The van der Waals surface area contributed by atoms with Crippen LogP contribution in [0.15, 0.2) is 58.5 Å². The molecule has 24 heavy (non-hydrogen) atoms. The first-order valence-corrected chi connectivity index (χ1v) is 8.28. The van der Waals surface area contributed by atoms with Crippen LogP contribution >= 0.6 is 11.8 Å². The second-order valence-corrected chi connectivity index (χ2v) is 6.62. The van der Waals surface area contributed by atoms with Crippen LogP contribution in [0, 0.1) is 0 Å². The molecule has 0 radical (unpaired) electrons. The van der Waals surface area contributed by atoms with Crippen molar-refractivity contribution in [3.63, 3.8) is 0 Å². The van der Waals surface area contributed by atoms with Crippen molar-refractivity contribution in [3.8, 4) is 11.3 Å². The second-order valence-electron chi connectivity index (χ2n) is 5.49. The summed E-state index contributed by atoms with van der Waals surface area (Å²) in [5.74, 6) is -1.42. The molecule has 0 bridgehead atoms. The number of nitrogen functional groups attached to an aromatic ring is 1. The molecular weight excluding hydrogens is 327 g/mol. The molecule has 0 amide bonds. The highest BCUT2D eigenvalue weighted by atomic mass is 32.2. The van der Waals surface area contributed by atoms with Crippen molar-refractivity contribution >= 4 is 23.3 Å². The van der Waals surface area contributed by atoms with Gasteiger partial charge in [0.25, 0.3) is 0 Å². The van der Waals surface area contributed by atoms with Crippen LogP contribution in [0.2, 0.25) is 0 Å². The number of fused-ring (bicyclic) bond motifs is 1. The summed E-state index contributed by atoms with van der Waals surface area (Å²) in [5.41, 5.74) is 9.35. The van der Waals surface area contributed by atoms with Crippen molar-refractivity contribution in [1.82, 2.24) is 10.2 Å². The molecule has 2 heterocycles. The SMILES string of the molecule is COC1(F)C=CC2=NC(c3c(-c4ccccc4)n[nH]c3N)SC2=C1. The lowest BCUT2D eigenvalue weighted by atomic mass is 10.1. The molecule has 2 atom stereocenters. The smallest absolute Gasteiger partial charge is 0.249 e. The lowest BCUT2D eigenvalue weighted by molar-refractivity contribution is -0.0373. The molecule has 122 valence electrons. The molecule has 1 aliphatic heterocycles. The predicted octanol–water partition coefficient (Wildman–Crippen LogP) is 3.61. The van der Waals surface area contributed by atoms with E-state index in [9.17, 15) is 4.39 Å². The average molecular weight is 342 g/mol. The van der Waals surface area contributed by atoms with E-state index in [-0.39, 0.29) is 5.37 Å². The monoisotopic (exact) mass is 342 g/mol. The lowest BCUT2D eigenvalue weighted by Gasteiger charge is -2.19. The Morgan fingerprint density at radius 1 is 1.33 bits per heavy atom. The lowest BCUT2D eigenvalue weighted by Crippen LogP contribution is -2.23. The molecule has 2 aliphatic rings. The van der Waals surface area contributed by atoms with Crippen LogP contribution in [0.4, 0.5) is 10.2 Å². The molecule has 1 aliphatic carbocycles. The zero-order valence-corrected chi connectivity index (χ0v) is 13.7. The number of rotatable bonds is 3. The van der Waals surface area contributed by atoms with Crippen LogP contribution in [0.5, 0.6) is 0 Å². The molecule has 5 nitrogen and oxygen atoms in total. The topological polar surface area (TPSA) is 76.3 Å². The van der Waals surface area contributed by atoms with Crippen LogP contribution < -0.4 is 5.73 Å². The number of anilines is 1. The van der Waals surface area contributed by atoms with Gasteiger partial charge in [-0.3, -0.25) is 10.1 Å². The molecule has 0 saturated carbocycles. The molecule has 1 aromatic heterocycles. The minimum absolute atomic E-state index is 0.274. The van der Waals surface area contributed by atoms with Gasteiger partial charge in [0.05, 0.1) is 11.3 Å². The minimum atomic E-state index is -1.89. The minimum Gasteiger partial charge on any atom is -0.384 e. The van der Waals surface area contributed by atoms with Crippen molar-refractivity contribution in [2.24, 2.45) is 4.99 Å². The number of nitrogens with one attached hydrogen (secondary N) is 1. The molecule has 3 N–H and O–H groups in total. The zero-order valence-electron chi connectivity index (χ0n) is 12.9. The van der Waals surface area contributed by atoms with Crippen LogP contribution in [0.3, 0.4) is 0 Å². The largest absolute Gasteiger partial charge is 0.384 e. The standard InChI is InChI=1S/C17H15FN4OS/c1-23-17(18)8-7-11-12(9-17)24-16(20-11)13-14(21-22-15(13)19)10-5-3-2-4-6-10/h2-9,16H,1H3,(H3,19,21,22). The molecule has 0 fully saturated rings. The van der Waals surface area contributed by atoms with Crippen molar-refractivity contribution in [1.29, 1.82) is 0 Å². The Morgan fingerprint density at radius 2 is 2.12 bits per heavy atom. The summed E-state index contributed by atoms with van der Waals surface area (Å²) in [6, 6.07) is 9.77. The van der Waals surface area contributed by atoms with Gasteiger partial charge in [-0.05, 0) is 18.2 Å².